The molecule has 2 fully saturated rings. The van der Waals surface area contributed by atoms with E-state index in [1.54, 1.807) is 6.07 Å². The zero-order chi connectivity index (χ0) is 16.7. The van der Waals surface area contributed by atoms with Crippen molar-refractivity contribution in [2.45, 2.75) is 19.4 Å². The lowest BCUT2D eigenvalue weighted by atomic mass is 10.1. The van der Waals surface area contributed by atoms with Gasteiger partial charge < -0.3 is 10.2 Å². The number of benzene rings is 1. The predicted octanol–water partition coefficient (Wildman–Crippen LogP) is 2.89. The molecule has 1 aromatic carbocycles. The van der Waals surface area contributed by atoms with Crippen LogP contribution in [0.25, 0.3) is 10.1 Å². The van der Waals surface area contributed by atoms with Crippen LogP contribution in [-0.2, 0) is 0 Å². The van der Waals surface area contributed by atoms with Gasteiger partial charge in [0.15, 0.2) is 0 Å². The minimum Gasteiger partial charge on any atom is -0.336 e. The summed E-state index contributed by atoms with van der Waals surface area (Å²) in [5.41, 5.74) is 0.908. The summed E-state index contributed by atoms with van der Waals surface area (Å²) in [4.78, 5) is 18.2. The number of likely N-dealkylation sites (tertiary alicyclic amines) is 1. The highest BCUT2D eigenvalue weighted by Gasteiger charge is 2.32. The molecule has 4 nitrogen and oxygen atoms in total. The molecule has 0 aliphatic carbocycles. The maximum absolute atomic E-state index is 13.5. The number of hydrogen-bond acceptors (Lipinski definition) is 4. The average molecular weight is 384 g/mol. The second kappa shape index (κ2) is 7.58. The van der Waals surface area contributed by atoms with Gasteiger partial charge in [0.1, 0.15) is 5.82 Å². The van der Waals surface area contributed by atoms with Crippen LogP contribution in [0.3, 0.4) is 0 Å². The van der Waals surface area contributed by atoms with Crippen molar-refractivity contribution in [3.63, 3.8) is 0 Å². The van der Waals surface area contributed by atoms with E-state index >= 15 is 0 Å². The standard InChI is InChI=1S/C18H22FN3OS.ClH/c1-12-15-10-13(19)2-3-16(15)24-17(12)18(23)22-7-4-14(11-22)21-8-5-20-6-9-21;/h2-3,10,14,20H,4-9,11H2,1H3;1H. The Kier molecular flexibility index (Phi) is 5.63. The Hall–Kier alpha value is -1.21. The number of aryl methyl sites for hydroxylation is 1. The molecule has 2 saturated heterocycles. The Balaban J connectivity index is 0.00000182. The number of nitrogens with one attached hydrogen (secondary N) is 1. The first-order valence-electron chi connectivity index (χ1n) is 8.56. The fourth-order valence-electron chi connectivity index (χ4n) is 3.81. The van der Waals surface area contributed by atoms with E-state index in [0.717, 1.165) is 66.2 Å². The van der Waals surface area contributed by atoms with Crippen LogP contribution in [0.1, 0.15) is 21.7 Å². The molecular weight excluding hydrogens is 361 g/mol. The fraction of sp³-hybridized carbons (Fsp3) is 0.500. The number of nitrogens with zero attached hydrogens (tertiary/aromatic N) is 2. The SMILES string of the molecule is Cc1c(C(=O)N2CCC(N3CCNCC3)C2)sc2ccc(F)cc12.Cl. The van der Waals surface area contributed by atoms with E-state index < -0.39 is 0 Å². The molecule has 1 atom stereocenters. The number of thiophene rings is 1. The Bertz CT molecular complexity index is 775. The lowest BCUT2D eigenvalue weighted by Crippen LogP contribution is -2.49. The lowest BCUT2D eigenvalue weighted by molar-refractivity contribution is 0.0777. The normalized spacial score (nSPS) is 21.5. The molecule has 2 aromatic rings. The van der Waals surface area contributed by atoms with E-state index in [1.807, 2.05) is 11.8 Å². The monoisotopic (exact) mass is 383 g/mol. The second-order valence-electron chi connectivity index (χ2n) is 6.68. The maximum Gasteiger partial charge on any atom is 0.264 e. The number of fused-ring (bicyclic) bond motifs is 1. The van der Waals surface area contributed by atoms with Crippen molar-refractivity contribution in [3.05, 3.63) is 34.5 Å². The van der Waals surface area contributed by atoms with Crippen LogP contribution in [0, 0.1) is 12.7 Å². The summed E-state index contributed by atoms with van der Waals surface area (Å²) >= 11 is 1.48. The van der Waals surface area contributed by atoms with Gasteiger partial charge in [0.2, 0.25) is 0 Å². The number of piperazine rings is 1. The van der Waals surface area contributed by atoms with Crippen molar-refractivity contribution in [2.75, 3.05) is 39.3 Å². The Morgan fingerprint density at radius 3 is 2.80 bits per heavy atom. The second-order valence-corrected chi connectivity index (χ2v) is 7.73. The summed E-state index contributed by atoms with van der Waals surface area (Å²) in [6.07, 6.45) is 1.05. The lowest BCUT2D eigenvalue weighted by Gasteiger charge is -2.32. The maximum atomic E-state index is 13.5. The summed E-state index contributed by atoms with van der Waals surface area (Å²) in [6, 6.07) is 5.24. The zero-order valence-corrected chi connectivity index (χ0v) is 15.9. The first-order valence-corrected chi connectivity index (χ1v) is 9.38. The number of carbonyl (C=O) groups excluding carboxylic acids is 1. The quantitative estimate of drug-likeness (QED) is 0.866. The molecule has 7 heteroatoms. The predicted molar refractivity (Wildman–Crippen MR) is 103 cm³/mol. The number of halogens is 2. The van der Waals surface area contributed by atoms with E-state index in [-0.39, 0.29) is 24.1 Å². The fourth-order valence-corrected chi connectivity index (χ4v) is 4.97. The van der Waals surface area contributed by atoms with Crippen molar-refractivity contribution in [3.8, 4) is 0 Å². The average Bonchev–Trinajstić information content (AvgIpc) is 3.21. The number of rotatable bonds is 2. The zero-order valence-electron chi connectivity index (χ0n) is 14.3. The molecule has 1 N–H and O–H groups in total. The molecule has 2 aliphatic heterocycles. The Morgan fingerprint density at radius 2 is 2.04 bits per heavy atom. The molecule has 4 rings (SSSR count). The van der Waals surface area contributed by atoms with E-state index in [0.29, 0.717) is 6.04 Å². The highest BCUT2D eigenvalue weighted by Crippen LogP contribution is 2.33. The first kappa shape index (κ1) is 18.6. The highest BCUT2D eigenvalue weighted by atomic mass is 35.5. The van der Waals surface area contributed by atoms with Crippen LogP contribution in [0.5, 0.6) is 0 Å². The molecule has 25 heavy (non-hydrogen) atoms. The minimum absolute atomic E-state index is 0. The molecule has 0 radical (unpaired) electrons. The Morgan fingerprint density at radius 1 is 1.28 bits per heavy atom. The third-order valence-corrected chi connectivity index (χ3v) is 6.47. The highest BCUT2D eigenvalue weighted by molar-refractivity contribution is 7.21. The van der Waals surface area contributed by atoms with Crippen LogP contribution >= 0.6 is 23.7 Å². The molecule has 1 amide bonds. The summed E-state index contributed by atoms with van der Waals surface area (Å²) in [5.74, 6) is -0.144. The van der Waals surface area contributed by atoms with Crippen LogP contribution in [-0.4, -0.2) is 61.0 Å². The van der Waals surface area contributed by atoms with Gasteiger partial charge in [0.05, 0.1) is 4.88 Å². The summed E-state index contributed by atoms with van der Waals surface area (Å²) in [5, 5.41) is 4.24. The van der Waals surface area contributed by atoms with Gasteiger partial charge in [-0.2, -0.15) is 0 Å². The number of amides is 1. The molecule has 3 heterocycles. The summed E-state index contributed by atoms with van der Waals surface area (Å²) in [7, 11) is 0. The topological polar surface area (TPSA) is 35.6 Å². The first-order chi connectivity index (χ1) is 11.6. The van der Waals surface area contributed by atoms with Crippen molar-refractivity contribution in [1.82, 2.24) is 15.1 Å². The van der Waals surface area contributed by atoms with Crippen molar-refractivity contribution in [2.24, 2.45) is 0 Å². The van der Waals surface area contributed by atoms with Crippen LogP contribution in [0.2, 0.25) is 0 Å². The van der Waals surface area contributed by atoms with Crippen LogP contribution in [0.4, 0.5) is 4.39 Å². The molecule has 1 unspecified atom stereocenters. The van der Waals surface area contributed by atoms with Gasteiger partial charge in [-0.1, -0.05) is 0 Å². The number of carbonyl (C=O) groups is 1. The molecule has 0 spiro atoms. The molecule has 136 valence electrons. The molecule has 0 bridgehead atoms. The van der Waals surface area contributed by atoms with E-state index in [4.69, 9.17) is 0 Å². The van der Waals surface area contributed by atoms with Gasteiger partial charge in [-0.25, -0.2) is 4.39 Å². The van der Waals surface area contributed by atoms with Crippen LogP contribution in [0.15, 0.2) is 18.2 Å². The van der Waals surface area contributed by atoms with Gasteiger partial charge >= 0.3 is 0 Å². The molecular formula is C18H23ClFN3OS. The van der Waals surface area contributed by atoms with Gasteiger partial charge in [-0.15, -0.1) is 23.7 Å². The van der Waals surface area contributed by atoms with Gasteiger partial charge in [0.25, 0.3) is 5.91 Å². The largest absolute Gasteiger partial charge is 0.336 e. The Labute approximate surface area is 157 Å². The van der Waals surface area contributed by atoms with E-state index in [2.05, 4.69) is 10.2 Å². The van der Waals surface area contributed by atoms with Crippen molar-refractivity contribution < 1.29 is 9.18 Å². The van der Waals surface area contributed by atoms with Crippen LogP contribution < -0.4 is 5.32 Å². The van der Waals surface area contributed by atoms with Crippen molar-refractivity contribution >= 4 is 39.7 Å². The number of hydrogen-bond donors (Lipinski definition) is 1. The third kappa shape index (κ3) is 3.53. The molecule has 1 aromatic heterocycles. The van der Waals surface area contributed by atoms with E-state index in [9.17, 15) is 9.18 Å². The summed E-state index contributed by atoms with van der Waals surface area (Å²) < 4.78 is 14.5. The molecule has 2 aliphatic rings. The molecule has 0 saturated carbocycles. The van der Waals surface area contributed by atoms with E-state index in [1.165, 1.54) is 23.5 Å². The minimum atomic E-state index is -0.248. The van der Waals surface area contributed by atoms with Gasteiger partial charge in [-0.3, -0.25) is 9.69 Å². The van der Waals surface area contributed by atoms with Gasteiger partial charge in [-0.05, 0) is 42.5 Å². The van der Waals surface area contributed by atoms with Crippen molar-refractivity contribution in [1.29, 1.82) is 0 Å². The van der Waals surface area contributed by atoms with Gasteiger partial charge in [0, 0.05) is 50.0 Å². The summed E-state index contributed by atoms with van der Waals surface area (Å²) in [6.45, 7) is 7.74. The third-order valence-electron chi connectivity index (χ3n) is 5.21. The smallest absolute Gasteiger partial charge is 0.264 e.